The van der Waals surface area contributed by atoms with Gasteiger partial charge in [0.2, 0.25) is 10.0 Å². The third kappa shape index (κ3) is 3.45. The SMILES string of the molecule is CCn1cnnc1CC1CCCN(S(=O)(=O)c2ccccc2)C1. The molecule has 124 valence electrons. The molecule has 23 heavy (non-hydrogen) atoms. The van der Waals surface area contributed by atoms with Crippen molar-refractivity contribution >= 4 is 10.0 Å². The molecule has 1 aromatic heterocycles. The number of benzene rings is 1. The highest BCUT2D eigenvalue weighted by molar-refractivity contribution is 7.89. The van der Waals surface area contributed by atoms with Crippen LogP contribution >= 0.6 is 0 Å². The fourth-order valence-electron chi connectivity index (χ4n) is 3.11. The maximum atomic E-state index is 12.8. The zero-order valence-corrected chi connectivity index (χ0v) is 14.1. The van der Waals surface area contributed by atoms with E-state index >= 15 is 0 Å². The monoisotopic (exact) mass is 334 g/mol. The van der Waals surface area contributed by atoms with E-state index < -0.39 is 10.0 Å². The van der Waals surface area contributed by atoms with Crippen LogP contribution in [0.5, 0.6) is 0 Å². The van der Waals surface area contributed by atoms with Crippen LogP contribution in [0.25, 0.3) is 0 Å². The van der Waals surface area contributed by atoms with Crippen LogP contribution in [0.2, 0.25) is 0 Å². The second-order valence-electron chi connectivity index (χ2n) is 5.92. The predicted octanol–water partition coefficient (Wildman–Crippen LogP) is 1.94. The minimum absolute atomic E-state index is 0.289. The van der Waals surface area contributed by atoms with Gasteiger partial charge in [-0.3, -0.25) is 0 Å². The van der Waals surface area contributed by atoms with Crippen LogP contribution in [0.15, 0.2) is 41.6 Å². The van der Waals surface area contributed by atoms with Crippen LogP contribution in [0.4, 0.5) is 0 Å². The summed E-state index contributed by atoms with van der Waals surface area (Å²) in [6.45, 7) is 4.03. The maximum absolute atomic E-state index is 12.8. The zero-order valence-electron chi connectivity index (χ0n) is 13.3. The number of hydrogen-bond acceptors (Lipinski definition) is 4. The first-order chi connectivity index (χ1) is 11.1. The van der Waals surface area contributed by atoms with Gasteiger partial charge in [-0.1, -0.05) is 18.2 Å². The third-order valence-corrected chi connectivity index (χ3v) is 6.25. The average molecular weight is 334 g/mol. The second-order valence-corrected chi connectivity index (χ2v) is 7.86. The molecule has 1 saturated heterocycles. The smallest absolute Gasteiger partial charge is 0.243 e. The Kier molecular flexibility index (Phi) is 4.77. The molecule has 6 nitrogen and oxygen atoms in total. The van der Waals surface area contributed by atoms with E-state index in [0.29, 0.717) is 18.0 Å². The number of hydrogen-bond donors (Lipinski definition) is 0. The molecule has 1 unspecified atom stereocenters. The quantitative estimate of drug-likeness (QED) is 0.838. The van der Waals surface area contributed by atoms with Gasteiger partial charge in [0.15, 0.2) is 0 Å². The molecule has 1 aliphatic rings. The minimum atomic E-state index is -3.40. The largest absolute Gasteiger partial charge is 0.318 e. The Labute approximate surface area is 137 Å². The van der Waals surface area contributed by atoms with Crippen LogP contribution in [-0.4, -0.2) is 40.6 Å². The number of aromatic nitrogens is 3. The van der Waals surface area contributed by atoms with Crippen molar-refractivity contribution in [1.82, 2.24) is 19.1 Å². The summed E-state index contributed by atoms with van der Waals surface area (Å²) < 4.78 is 29.1. The second kappa shape index (κ2) is 6.80. The molecule has 2 heterocycles. The van der Waals surface area contributed by atoms with Gasteiger partial charge in [-0.25, -0.2) is 8.42 Å². The van der Waals surface area contributed by atoms with E-state index in [0.717, 1.165) is 31.6 Å². The van der Waals surface area contributed by atoms with Crippen molar-refractivity contribution in [3.63, 3.8) is 0 Å². The summed E-state index contributed by atoms with van der Waals surface area (Å²) in [7, 11) is -3.40. The number of aryl methyl sites for hydroxylation is 1. The third-order valence-electron chi connectivity index (χ3n) is 4.37. The zero-order chi connectivity index (χ0) is 16.3. The number of rotatable bonds is 5. The Morgan fingerprint density at radius 3 is 2.78 bits per heavy atom. The lowest BCUT2D eigenvalue weighted by molar-refractivity contribution is 0.261. The van der Waals surface area contributed by atoms with Gasteiger partial charge >= 0.3 is 0 Å². The molecule has 1 aromatic carbocycles. The van der Waals surface area contributed by atoms with E-state index in [1.165, 1.54) is 0 Å². The van der Waals surface area contributed by atoms with Crippen molar-refractivity contribution in [3.05, 3.63) is 42.5 Å². The molecule has 3 rings (SSSR count). The molecule has 1 aliphatic heterocycles. The average Bonchev–Trinajstić information content (AvgIpc) is 3.03. The molecule has 1 atom stereocenters. The van der Waals surface area contributed by atoms with Gasteiger partial charge in [-0.15, -0.1) is 10.2 Å². The fraction of sp³-hybridized carbons (Fsp3) is 0.500. The lowest BCUT2D eigenvalue weighted by atomic mass is 9.96. The number of piperidine rings is 1. The summed E-state index contributed by atoms with van der Waals surface area (Å²) in [5, 5.41) is 8.13. The maximum Gasteiger partial charge on any atom is 0.243 e. The van der Waals surface area contributed by atoms with Crippen LogP contribution in [0.3, 0.4) is 0 Å². The Hall–Kier alpha value is -1.73. The number of nitrogens with zero attached hydrogens (tertiary/aromatic N) is 4. The first kappa shape index (κ1) is 16.1. The molecule has 0 spiro atoms. The van der Waals surface area contributed by atoms with Crippen molar-refractivity contribution in [2.45, 2.75) is 37.6 Å². The van der Waals surface area contributed by atoms with Gasteiger partial charge in [0.25, 0.3) is 0 Å². The summed E-state index contributed by atoms with van der Waals surface area (Å²) in [5.41, 5.74) is 0. The van der Waals surface area contributed by atoms with Gasteiger partial charge in [0.1, 0.15) is 12.2 Å². The topological polar surface area (TPSA) is 68.1 Å². The van der Waals surface area contributed by atoms with Crippen molar-refractivity contribution < 1.29 is 8.42 Å². The molecule has 0 aliphatic carbocycles. The summed E-state index contributed by atoms with van der Waals surface area (Å²) in [4.78, 5) is 0.373. The molecular weight excluding hydrogens is 312 g/mol. The summed E-state index contributed by atoms with van der Waals surface area (Å²) in [6, 6.07) is 8.67. The highest BCUT2D eigenvalue weighted by Gasteiger charge is 2.30. The molecule has 0 bridgehead atoms. The molecule has 7 heteroatoms. The summed E-state index contributed by atoms with van der Waals surface area (Å²) >= 11 is 0. The van der Waals surface area contributed by atoms with Gasteiger partial charge in [0.05, 0.1) is 4.90 Å². The van der Waals surface area contributed by atoms with Crippen LogP contribution < -0.4 is 0 Å². The summed E-state index contributed by atoms with van der Waals surface area (Å²) in [6.07, 6.45) is 4.42. The first-order valence-corrected chi connectivity index (χ1v) is 9.47. The Bertz CT molecular complexity index is 742. The molecule has 2 aromatic rings. The first-order valence-electron chi connectivity index (χ1n) is 8.03. The molecule has 0 saturated carbocycles. The highest BCUT2D eigenvalue weighted by Crippen LogP contribution is 2.25. The lowest BCUT2D eigenvalue weighted by Gasteiger charge is -2.31. The van der Waals surface area contributed by atoms with Gasteiger partial charge in [-0.05, 0) is 37.8 Å². The van der Waals surface area contributed by atoms with E-state index in [-0.39, 0.29) is 5.92 Å². The molecule has 0 amide bonds. The molecule has 0 N–H and O–H groups in total. The van der Waals surface area contributed by atoms with Gasteiger partial charge < -0.3 is 4.57 Å². The lowest BCUT2D eigenvalue weighted by Crippen LogP contribution is -2.40. The van der Waals surface area contributed by atoms with Crippen LogP contribution in [0, 0.1) is 5.92 Å². The van der Waals surface area contributed by atoms with E-state index in [1.54, 1.807) is 34.9 Å². The van der Waals surface area contributed by atoms with Crippen LogP contribution in [0.1, 0.15) is 25.6 Å². The van der Waals surface area contributed by atoms with Crippen molar-refractivity contribution in [2.75, 3.05) is 13.1 Å². The van der Waals surface area contributed by atoms with E-state index in [2.05, 4.69) is 17.1 Å². The Balaban J connectivity index is 1.73. The molecule has 1 fully saturated rings. The van der Waals surface area contributed by atoms with Crippen LogP contribution in [-0.2, 0) is 23.0 Å². The van der Waals surface area contributed by atoms with Gasteiger partial charge in [-0.2, -0.15) is 4.31 Å². The number of sulfonamides is 1. The van der Waals surface area contributed by atoms with Crippen molar-refractivity contribution in [1.29, 1.82) is 0 Å². The van der Waals surface area contributed by atoms with Gasteiger partial charge in [0, 0.05) is 26.1 Å². The molecule has 0 radical (unpaired) electrons. The molecular formula is C16H22N4O2S. The Morgan fingerprint density at radius 1 is 1.26 bits per heavy atom. The van der Waals surface area contributed by atoms with E-state index in [4.69, 9.17) is 0 Å². The van der Waals surface area contributed by atoms with Crippen molar-refractivity contribution in [3.8, 4) is 0 Å². The standard InChI is InChI=1S/C16H22N4O2S/c1-2-19-13-17-18-16(19)11-14-7-6-10-20(12-14)23(21,22)15-8-4-3-5-9-15/h3-5,8-9,13-14H,2,6-7,10-12H2,1H3. The minimum Gasteiger partial charge on any atom is -0.318 e. The predicted molar refractivity (Wildman–Crippen MR) is 87.3 cm³/mol. The fourth-order valence-corrected chi connectivity index (χ4v) is 4.69. The van der Waals surface area contributed by atoms with E-state index in [9.17, 15) is 8.42 Å². The van der Waals surface area contributed by atoms with E-state index in [1.807, 2.05) is 10.6 Å². The van der Waals surface area contributed by atoms with Crippen molar-refractivity contribution in [2.24, 2.45) is 5.92 Å². The normalized spacial score (nSPS) is 19.8. The summed E-state index contributed by atoms with van der Waals surface area (Å²) in [5.74, 6) is 1.23. The highest BCUT2D eigenvalue weighted by atomic mass is 32.2. The Morgan fingerprint density at radius 2 is 2.04 bits per heavy atom.